The number of anilines is 2. The lowest BCUT2D eigenvalue weighted by molar-refractivity contribution is -0.137. The van der Waals surface area contributed by atoms with E-state index in [-0.39, 0.29) is 30.7 Å². The van der Waals surface area contributed by atoms with Crippen molar-refractivity contribution in [1.82, 2.24) is 25.9 Å². The molecule has 1 saturated heterocycles. The minimum atomic E-state index is -0.872. The third-order valence-electron chi connectivity index (χ3n) is 7.81. The molecule has 1 amide bonds. The summed E-state index contributed by atoms with van der Waals surface area (Å²) in [5.74, 6) is -0.649. The molecule has 1 atom stereocenters. The SMILES string of the molecule is COc1cc(-c2nccc(-c3cccc(Nc4nccc(CNCCCC(=O)O)c4F)c3Cl)c2Cl)ccc1CNCC1CCC(=O)N1. The van der Waals surface area contributed by atoms with Gasteiger partial charge >= 0.3 is 5.97 Å². The van der Waals surface area contributed by atoms with Crippen molar-refractivity contribution in [3.63, 3.8) is 0 Å². The molecule has 0 aliphatic carbocycles. The van der Waals surface area contributed by atoms with Gasteiger partial charge in [-0.25, -0.2) is 9.37 Å². The van der Waals surface area contributed by atoms with Gasteiger partial charge in [0.1, 0.15) is 5.75 Å². The van der Waals surface area contributed by atoms with Crippen molar-refractivity contribution in [2.24, 2.45) is 0 Å². The quantitative estimate of drug-likeness (QED) is 0.0912. The van der Waals surface area contributed by atoms with Gasteiger partial charge in [0.25, 0.3) is 0 Å². The second kappa shape index (κ2) is 16.0. The molecule has 2 aromatic heterocycles. The van der Waals surface area contributed by atoms with E-state index in [1.807, 2.05) is 24.3 Å². The second-order valence-corrected chi connectivity index (χ2v) is 11.8. The van der Waals surface area contributed by atoms with Crippen LogP contribution in [0.3, 0.4) is 0 Å². The minimum absolute atomic E-state index is 0.00469. The smallest absolute Gasteiger partial charge is 0.303 e. The van der Waals surface area contributed by atoms with E-state index in [0.29, 0.717) is 76.3 Å². The number of methoxy groups -OCH3 is 1. The molecule has 246 valence electrons. The summed E-state index contributed by atoms with van der Waals surface area (Å²) >= 11 is 13.8. The maximum atomic E-state index is 15.3. The number of carboxylic acid groups (broad SMARTS) is 1. The lowest BCUT2D eigenvalue weighted by Crippen LogP contribution is -2.35. The van der Waals surface area contributed by atoms with Crippen LogP contribution in [-0.2, 0) is 22.7 Å². The van der Waals surface area contributed by atoms with E-state index >= 15 is 4.39 Å². The van der Waals surface area contributed by atoms with Gasteiger partial charge in [-0.1, -0.05) is 47.5 Å². The van der Waals surface area contributed by atoms with E-state index in [4.69, 9.17) is 33.0 Å². The van der Waals surface area contributed by atoms with Crippen LogP contribution >= 0.6 is 23.2 Å². The maximum Gasteiger partial charge on any atom is 0.303 e. The molecule has 2 aromatic carbocycles. The lowest BCUT2D eigenvalue weighted by Gasteiger charge is -2.16. The molecular weight excluding hydrogens is 646 g/mol. The number of amides is 1. The van der Waals surface area contributed by atoms with E-state index in [2.05, 4.69) is 31.2 Å². The number of halogens is 3. The zero-order valence-electron chi connectivity index (χ0n) is 25.7. The van der Waals surface area contributed by atoms with E-state index in [1.165, 1.54) is 6.20 Å². The van der Waals surface area contributed by atoms with Crippen molar-refractivity contribution in [1.29, 1.82) is 0 Å². The standard InChI is InChI=1S/C34H35Cl2FN6O4/c1-47-27-16-20(7-8-21(27)17-39-19-23-9-10-28(44)42-23)33-31(36)25(12-15-40-33)24-4-2-5-26(30(24)35)43-34-32(37)22(11-14-41-34)18-38-13-3-6-29(45)46/h2,4-5,7-8,11-12,14-16,23,38-39H,3,6,9-10,13,17-19H2,1H3,(H,41,43)(H,42,44)(H,45,46). The van der Waals surface area contributed by atoms with Crippen LogP contribution in [0, 0.1) is 5.82 Å². The molecule has 0 radical (unpaired) electrons. The number of ether oxygens (including phenoxy) is 1. The Balaban J connectivity index is 1.32. The summed E-state index contributed by atoms with van der Waals surface area (Å²) in [4.78, 5) is 30.9. The highest BCUT2D eigenvalue weighted by molar-refractivity contribution is 6.39. The van der Waals surface area contributed by atoms with E-state index in [1.54, 1.807) is 37.6 Å². The maximum absolute atomic E-state index is 15.3. The van der Waals surface area contributed by atoms with Gasteiger partial charge in [0, 0.05) is 78.7 Å². The average molecular weight is 682 g/mol. The number of carbonyl (C=O) groups is 2. The summed E-state index contributed by atoms with van der Waals surface area (Å²) in [6.45, 7) is 1.89. The number of rotatable bonds is 15. The number of aromatic nitrogens is 2. The molecular formula is C34H35Cl2FN6O4. The van der Waals surface area contributed by atoms with Crippen molar-refractivity contribution >= 4 is 46.6 Å². The van der Waals surface area contributed by atoms with Crippen LogP contribution in [0.1, 0.15) is 36.8 Å². The Morgan fingerprint density at radius 2 is 1.83 bits per heavy atom. The predicted octanol–water partition coefficient (Wildman–Crippen LogP) is 6.33. The molecule has 0 bridgehead atoms. The molecule has 13 heteroatoms. The van der Waals surface area contributed by atoms with E-state index in [9.17, 15) is 9.59 Å². The number of benzene rings is 2. The highest BCUT2D eigenvalue weighted by atomic mass is 35.5. The third kappa shape index (κ3) is 8.55. The summed E-state index contributed by atoms with van der Waals surface area (Å²) in [7, 11) is 1.61. The first-order chi connectivity index (χ1) is 22.7. The fraction of sp³-hybridized carbons (Fsp3) is 0.294. The summed E-state index contributed by atoms with van der Waals surface area (Å²) < 4.78 is 21.0. The second-order valence-electron chi connectivity index (χ2n) is 11.1. The van der Waals surface area contributed by atoms with Crippen LogP contribution < -0.4 is 26.0 Å². The first-order valence-corrected chi connectivity index (χ1v) is 15.9. The predicted molar refractivity (Wildman–Crippen MR) is 181 cm³/mol. The largest absolute Gasteiger partial charge is 0.496 e. The first-order valence-electron chi connectivity index (χ1n) is 15.2. The normalized spacial score (nSPS) is 14.2. The monoisotopic (exact) mass is 680 g/mol. The number of nitrogens with zero attached hydrogens (tertiary/aromatic N) is 2. The molecule has 0 saturated carbocycles. The Kier molecular flexibility index (Phi) is 11.6. The van der Waals surface area contributed by atoms with Gasteiger partial charge < -0.3 is 31.1 Å². The van der Waals surface area contributed by atoms with Crippen LogP contribution in [0.15, 0.2) is 60.9 Å². The van der Waals surface area contributed by atoms with Crippen molar-refractivity contribution in [3.8, 4) is 28.1 Å². The Bertz CT molecular complexity index is 1760. The number of nitrogens with one attached hydrogen (secondary N) is 4. The summed E-state index contributed by atoms with van der Waals surface area (Å²) in [6, 6.07) is 14.6. The molecule has 1 aliphatic rings. The molecule has 1 unspecified atom stereocenters. The third-order valence-corrected chi connectivity index (χ3v) is 8.60. The van der Waals surface area contributed by atoms with Gasteiger partial charge in [0.2, 0.25) is 5.91 Å². The molecule has 5 N–H and O–H groups in total. The average Bonchev–Trinajstić information content (AvgIpc) is 3.48. The molecule has 3 heterocycles. The molecule has 1 aliphatic heterocycles. The number of hydrogen-bond acceptors (Lipinski definition) is 8. The molecule has 10 nitrogen and oxygen atoms in total. The number of pyridine rings is 2. The van der Waals surface area contributed by atoms with Gasteiger partial charge in [-0.15, -0.1) is 0 Å². The number of hydrogen-bond donors (Lipinski definition) is 5. The Morgan fingerprint density at radius 3 is 2.60 bits per heavy atom. The number of aliphatic carboxylic acids is 1. The first kappa shape index (κ1) is 34.1. The summed E-state index contributed by atoms with van der Waals surface area (Å²) in [5.41, 5.74) is 4.33. The lowest BCUT2D eigenvalue weighted by atomic mass is 10.0. The fourth-order valence-electron chi connectivity index (χ4n) is 5.36. The van der Waals surface area contributed by atoms with Crippen LogP contribution in [0.25, 0.3) is 22.4 Å². The molecule has 4 aromatic rings. The van der Waals surface area contributed by atoms with Gasteiger partial charge in [0.15, 0.2) is 11.6 Å². The molecule has 0 spiro atoms. The summed E-state index contributed by atoms with van der Waals surface area (Å²) in [5, 5.41) is 21.9. The molecule has 1 fully saturated rings. The van der Waals surface area contributed by atoms with Crippen LogP contribution in [-0.4, -0.2) is 53.2 Å². The zero-order chi connectivity index (χ0) is 33.3. The topological polar surface area (TPSA) is 138 Å². The number of carbonyl (C=O) groups excluding carboxylic acids is 1. The molecule has 47 heavy (non-hydrogen) atoms. The fourth-order valence-corrected chi connectivity index (χ4v) is 5.96. The number of carboxylic acids is 1. The minimum Gasteiger partial charge on any atom is -0.496 e. The van der Waals surface area contributed by atoms with Crippen LogP contribution in [0.4, 0.5) is 15.9 Å². The van der Waals surface area contributed by atoms with Crippen molar-refractivity contribution in [2.45, 2.75) is 44.8 Å². The summed E-state index contributed by atoms with van der Waals surface area (Å²) in [6.07, 6.45) is 5.01. The van der Waals surface area contributed by atoms with Gasteiger partial charge in [-0.2, -0.15) is 0 Å². The van der Waals surface area contributed by atoms with Crippen LogP contribution in [0.5, 0.6) is 5.75 Å². The van der Waals surface area contributed by atoms with Crippen LogP contribution in [0.2, 0.25) is 10.0 Å². The Morgan fingerprint density at radius 1 is 1.04 bits per heavy atom. The highest BCUT2D eigenvalue weighted by Gasteiger charge is 2.21. The highest BCUT2D eigenvalue weighted by Crippen LogP contribution is 2.41. The van der Waals surface area contributed by atoms with E-state index in [0.717, 1.165) is 17.5 Å². The van der Waals surface area contributed by atoms with Gasteiger partial charge in [-0.05, 0) is 43.7 Å². The zero-order valence-corrected chi connectivity index (χ0v) is 27.2. The van der Waals surface area contributed by atoms with E-state index < -0.39 is 11.8 Å². The van der Waals surface area contributed by atoms with Gasteiger partial charge in [-0.3, -0.25) is 14.6 Å². The van der Waals surface area contributed by atoms with Crippen molar-refractivity contribution in [2.75, 3.05) is 25.5 Å². The molecule has 5 rings (SSSR count). The van der Waals surface area contributed by atoms with Crippen molar-refractivity contribution < 1.29 is 23.8 Å². The Labute approximate surface area is 282 Å². The Hall–Kier alpha value is -4.29. The van der Waals surface area contributed by atoms with Crippen molar-refractivity contribution in [3.05, 3.63) is 87.9 Å². The van der Waals surface area contributed by atoms with Gasteiger partial charge in [0.05, 0.1) is 28.5 Å².